The summed E-state index contributed by atoms with van der Waals surface area (Å²) in [6, 6.07) is 16.6. The first-order valence-electron chi connectivity index (χ1n) is 8.33. The van der Waals surface area contributed by atoms with Crippen LogP contribution in [0.4, 0.5) is 5.69 Å². The second-order valence-corrected chi connectivity index (χ2v) is 6.64. The molecule has 0 radical (unpaired) electrons. The van der Waals surface area contributed by atoms with Gasteiger partial charge in [-0.05, 0) is 24.3 Å². The van der Waals surface area contributed by atoms with Crippen molar-refractivity contribution in [1.29, 1.82) is 0 Å². The highest BCUT2D eigenvalue weighted by Gasteiger charge is 2.08. The van der Waals surface area contributed by atoms with Crippen molar-refractivity contribution >= 4 is 33.4 Å². The highest BCUT2D eigenvalue weighted by atomic mass is 79.9. The maximum atomic E-state index is 12.0. The summed E-state index contributed by atoms with van der Waals surface area (Å²) in [5.41, 5.74) is 1.97. The van der Waals surface area contributed by atoms with Gasteiger partial charge in [0.15, 0.2) is 5.82 Å². The van der Waals surface area contributed by atoms with E-state index in [0.29, 0.717) is 17.1 Å². The molecule has 2 N–H and O–H groups in total. The average Bonchev–Trinajstić information content (AvgIpc) is 2.69. The molecule has 3 rings (SSSR count). The largest absolute Gasteiger partial charge is 0.352 e. The third-order valence-electron chi connectivity index (χ3n) is 3.71. The predicted octanol–water partition coefficient (Wildman–Crippen LogP) is 3.66. The Morgan fingerprint density at radius 2 is 1.59 bits per heavy atom. The van der Waals surface area contributed by atoms with Gasteiger partial charge in [-0.3, -0.25) is 9.59 Å². The maximum absolute atomic E-state index is 12.0. The van der Waals surface area contributed by atoms with E-state index in [1.165, 1.54) is 0 Å². The minimum absolute atomic E-state index is 0.155. The van der Waals surface area contributed by atoms with Gasteiger partial charge in [-0.2, -0.15) is 0 Å². The van der Waals surface area contributed by atoms with Crippen molar-refractivity contribution in [3.63, 3.8) is 0 Å². The van der Waals surface area contributed by atoms with E-state index in [0.717, 1.165) is 10.0 Å². The van der Waals surface area contributed by atoms with Crippen LogP contribution in [0.5, 0.6) is 0 Å². The van der Waals surface area contributed by atoms with Crippen LogP contribution in [0.3, 0.4) is 0 Å². The average molecular weight is 425 g/mol. The van der Waals surface area contributed by atoms with Crippen molar-refractivity contribution in [3.8, 4) is 11.4 Å². The van der Waals surface area contributed by atoms with Gasteiger partial charge in [0.05, 0.1) is 18.1 Å². The Labute approximate surface area is 165 Å². The van der Waals surface area contributed by atoms with Crippen molar-refractivity contribution in [2.24, 2.45) is 0 Å². The highest BCUT2D eigenvalue weighted by Crippen LogP contribution is 2.15. The summed E-state index contributed by atoms with van der Waals surface area (Å²) in [6.45, 7) is 0.240. The van der Waals surface area contributed by atoms with E-state index < -0.39 is 0 Å². The topological polar surface area (TPSA) is 84.0 Å². The van der Waals surface area contributed by atoms with Gasteiger partial charge in [0, 0.05) is 28.6 Å². The van der Waals surface area contributed by atoms with Crippen LogP contribution in [0.15, 0.2) is 71.5 Å². The highest BCUT2D eigenvalue weighted by molar-refractivity contribution is 9.10. The third kappa shape index (κ3) is 5.46. The van der Waals surface area contributed by atoms with E-state index >= 15 is 0 Å². The fourth-order valence-electron chi connectivity index (χ4n) is 2.35. The Morgan fingerprint density at radius 1 is 0.926 bits per heavy atom. The summed E-state index contributed by atoms with van der Waals surface area (Å²) in [5.74, 6) is 0.156. The van der Waals surface area contributed by atoms with Gasteiger partial charge >= 0.3 is 0 Å². The molecule has 7 heteroatoms. The summed E-state index contributed by atoms with van der Waals surface area (Å²) in [6.07, 6.45) is 3.28. The summed E-state index contributed by atoms with van der Waals surface area (Å²) >= 11 is 3.32. The lowest BCUT2D eigenvalue weighted by atomic mass is 10.2. The van der Waals surface area contributed by atoms with Crippen molar-refractivity contribution < 1.29 is 9.59 Å². The number of hydrogen-bond donors (Lipinski definition) is 2. The molecular formula is C20H17BrN4O2. The van der Waals surface area contributed by atoms with Gasteiger partial charge in [0.2, 0.25) is 5.91 Å². The Morgan fingerprint density at radius 3 is 2.26 bits per heavy atom. The number of nitrogens with zero attached hydrogens (tertiary/aromatic N) is 2. The maximum Gasteiger partial charge on any atom is 0.251 e. The second-order valence-electron chi connectivity index (χ2n) is 5.72. The number of aromatic nitrogens is 2. The quantitative estimate of drug-likeness (QED) is 0.632. The molecule has 0 fully saturated rings. The number of carbonyl (C=O) groups is 2. The number of hydrogen-bond acceptors (Lipinski definition) is 4. The second kappa shape index (κ2) is 9.05. The standard InChI is InChI=1S/C20H17BrN4O2/c21-16-8-6-15(7-9-16)20(27)22-11-10-18(26)25-17-12-23-19(24-13-17)14-4-2-1-3-5-14/h1-9,12-13H,10-11H2,(H,22,27)(H,25,26). The smallest absolute Gasteiger partial charge is 0.251 e. The molecule has 27 heavy (non-hydrogen) atoms. The van der Waals surface area contributed by atoms with Crippen LogP contribution < -0.4 is 10.6 Å². The van der Waals surface area contributed by atoms with Crippen LogP contribution >= 0.6 is 15.9 Å². The van der Waals surface area contributed by atoms with Gasteiger partial charge in [-0.1, -0.05) is 46.3 Å². The molecule has 1 aromatic heterocycles. The normalized spacial score (nSPS) is 10.3. The first-order valence-corrected chi connectivity index (χ1v) is 9.12. The van der Waals surface area contributed by atoms with E-state index in [4.69, 9.17) is 0 Å². The number of halogens is 1. The summed E-state index contributed by atoms with van der Waals surface area (Å²) < 4.78 is 0.902. The van der Waals surface area contributed by atoms with E-state index in [1.807, 2.05) is 30.3 Å². The molecule has 0 spiro atoms. The van der Waals surface area contributed by atoms with Gasteiger partial charge in [0.25, 0.3) is 5.91 Å². The fraction of sp³-hybridized carbons (Fsp3) is 0.100. The van der Waals surface area contributed by atoms with Crippen LogP contribution in [0, 0.1) is 0 Å². The van der Waals surface area contributed by atoms with E-state index in [2.05, 4.69) is 36.5 Å². The Hall–Kier alpha value is -3.06. The Bertz CT molecular complexity index is 913. The zero-order chi connectivity index (χ0) is 19.1. The van der Waals surface area contributed by atoms with E-state index in [-0.39, 0.29) is 24.8 Å². The molecule has 2 aromatic carbocycles. The lowest BCUT2D eigenvalue weighted by molar-refractivity contribution is -0.116. The molecule has 0 saturated carbocycles. The lowest BCUT2D eigenvalue weighted by Crippen LogP contribution is -2.27. The van der Waals surface area contributed by atoms with E-state index in [9.17, 15) is 9.59 Å². The van der Waals surface area contributed by atoms with Crippen LogP contribution in [-0.2, 0) is 4.79 Å². The molecular weight excluding hydrogens is 408 g/mol. The molecule has 0 atom stereocenters. The molecule has 0 saturated heterocycles. The zero-order valence-corrected chi connectivity index (χ0v) is 15.9. The summed E-state index contributed by atoms with van der Waals surface area (Å²) in [7, 11) is 0. The fourth-order valence-corrected chi connectivity index (χ4v) is 2.61. The third-order valence-corrected chi connectivity index (χ3v) is 4.24. The summed E-state index contributed by atoms with van der Waals surface area (Å²) in [4.78, 5) is 32.5. The van der Waals surface area contributed by atoms with Gasteiger partial charge < -0.3 is 10.6 Å². The van der Waals surface area contributed by atoms with Gasteiger partial charge in [0.1, 0.15) is 0 Å². The molecule has 1 heterocycles. The molecule has 0 aliphatic heterocycles. The molecule has 0 aliphatic rings. The van der Waals surface area contributed by atoms with Crippen molar-refractivity contribution in [3.05, 3.63) is 77.0 Å². The zero-order valence-electron chi connectivity index (χ0n) is 14.4. The monoisotopic (exact) mass is 424 g/mol. The molecule has 3 aromatic rings. The van der Waals surface area contributed by atoms with Crippen LogP contribution in [-0.4, -0.2) is 28.3 Å². The van der Waals surface area contributed by atoms with Gasteiger partial charge in [-0.25, -0.2) is 9.97 Å². The summed E-state index contributed by atoms with van der Waals surface area (Å²) in [5, 5.41) is 5.44. The number of benzene rings is 2. The van der Waals surface area contributed by atoms with Crippen molar-refractivity contribution in [2.75, 3.05) is 11.9 Å². The van der Waals surface area contributed by atoms with Crippen LogP contribution in [0.1, 0.15) is 16.8 Å². The van der Waals surface area contributed by atoms with Crippen molar-refractivity contribution in [2.45, 2.75) is 6.42 Å². The molecule has 0 aliphatic carbocycles. The predicted molar refractivity (Wildman–Crippen MR) is 107 cm³/mol. The van der Waals surface area contributed by atoms with Crippen molar-refractivity contribution in [1.82, 2.24) is 15.3 Å². The number of rotatable bonds is 6. The molecule has 2 amide bonds. The lowest BCUT2D eigenvalue weighted by Gasteiger charge is -2.07. The number of nitrogens with one attached hydrogen (secondary N) is 2. The Balaban J connectivity index is 1.46. The number of anilines is 1. The molecule has 136 valence electrons. The Kier molecular flexibility index (Phi) is 6.27. The molecule has 0 unspecified atom stereocenters. The number of carbonyl (C=O) groups excluding carboxylic acids is 2. The SMILES string of the molecule is O=C(CCNC(=O)c1ccc(Br)cc1)Nc1cnc(-c2ccccc2)nc1. The van der Waals surface area contributed by atoms with Gasteiger partial charge in [-0.15, -0.1) is 0 Å². The van der Waals surface area contributed by atoms with Crippen LogP contribution in [0.2, 0.25) is 0 Å². The van der Waals surface area contributed by atoms with Crippen LogP contribution in [0.25, 0.3) is 11.4 Å². The van der Waals surface area contributed by atoms with E-state index in [1.54, 1.807) is 36.7 Å². The first kappa shape index (κ1) is 18.7. The minimum Gasteiger partial charge on any atom is -0.352 e. The number of amides is 2. The first-order chi connectivity index (χ1) is 13.1. The minimum atomic E-state index is -0.220. The molecule has 6 nitrogen and oxygen atoms in total. The molecule has 0 bridgehead atoms.